The Morgan fingerprint density at radius 3 is 2.62 bits per heavy atom. The molecule has 2 aromatic rings. The number of hydrogen-bond donors (Lipinski definition) is 2. The van der Waals surface area contributed by atoms with Gasteiger partial charge in [-0.25, -0.2) is 0 Å². The number of hydrogen-bond acceptors (Lipinski definition) is 4. The van der Waals surface area contributed by atoms with Crippen LogP contribution in [0.15, 0.2) is 47.6 Å². The monoisotopic (exact) mass is 305 g/mol. The third kappa shape index (κ3) is 3.03. The molecule has 0 aliphatic rings. The van der Waals surface area contributed by atoms with Crippen LogP contribution in [0.4, 0.5) is 11.4 Å². The van der Waals surface area contributed by atoms with Crippen molar-refractivity contribution in [1.29, 1.82) is 0 Å². The smallest absolute Gasteiger partial charge is 0.172 e. The number of nitrogens with zero attached hydrogens (tertiary/aromatic N) is 2. The van der Waals surface area contributed by atoms with Crippen LogP contribution in [0.25, 0.3) is 0 Å². The van der Waals surface area contributed by atoms with Crippen molar-refractivity contribution in [2.45, 2.75) is 0 Å². The van der Waals surface area contributed by atoms with E-state index in [1.807, 2.05) is 42.3 Å². The molecular formula is C15H16ClN3O2. The van der Waals surface area contributed by atoms with Crippen molar-refractivity contribution in [2.24, 2.45) is 10.9 Å². The second-order valence-electron chi connectivity index (χ2n) is 4.38. The molecule has 2 rings (SSSR count). The zero-order valence-electron chi connectivity index (χ0n) is 11.7. The predicted molar refractivity (Wildman–Crippen MR) is 85.0 cm³/mol. The van der Waals surface area contributed by atoms with Crippen molar-refractivity contribution in [1.82, 2.24) is 0 Å². The summed E-state index contributed by atoms with van der Waals surface area (Å²) in [5.74, 6) is 0.717. The van der Waals surface area contributed by atoms with Gasteiger partial charge in [0, 0.05) is 17.6 Å². The summed E-state index contributed by atoms with van der Waals surface area (Å²) in [5.41, 5.74) is 7.88. The van der Waals surface area contributed by atoms with Gasteiger partial charge in [0.2, 0.25) is 0 Å². The zero-order valence-corrected chi connectivity index (χ0v) is 12.5. The molecular weight excluding hydrogens is 290 g/mol. The molecule has 0 saturated heterocycles. The topological polar surface area (TPSA) is 71.1 Å². The average molecular weight is 306 g/mol. The first-order valence-electron chi connectivity index (χ1n) is 6.22. The molecule has 0 amide bonds. The highest BCUT2D eigenvalue weighted by molar-refractivity contribution is 6.31. The highest BCUT2D eigenvalue weighted by Gasteiger charge is 2.15. The number of halogens is 1. The lowest BCUT2D eigenvalue weighted by Crippen LogP contribution is -2.20. The van der Waals surface area contributed by atoms with E-state index in [1.54, 1.807) is 19.2 Å². The molecule has 0 fully saturated rings. The lowest BCUT2D eigenvalue weighted by atomic mass is 10.1. The third-order valence-electron chi connectivity index (χ3n) is 3.15. The zero-order chi connectivity index (χ0) is 15.4. The Morgan fingerprint density at radius 1 is 1.24 bits per heavy atom. The van der Waals surface area contributed by atoms with Crippen molar-refractivity contribution in [3.05, 3.63) is 53.1 Å². The molecule has 0 heterocycles. The van der Waals surface area contributed by atoms with E-state index in [1.165, 1.54) is 0 Å². The summed E-state index contributed by atoms with van der Waals surface area (Å²) in [7, 11) is 3.48. The van der Waals surface area contributed by atoms with Gasteiger partial charge < -0.3 is 20.6 Å². The van der Waals surface area contributed by atoms with Crippen LogP contribution in [-0.2, 0) is 0 Å². The van der Waals surface area contributed by atoms with E-state index in [-0.39, 0.29) is 5.84 Å². The summed E-state index contributed by atoms with van der Waals surface area (Å²) in [6.45, 7) is 0. The molecule has 0 saturated carbocycles. The number of ether oxygens (including phenoxy) is 1. The van der Waals surface area contributed by atoms with Gasteiger partial charge in [0.1, 0.15) is 5.75 Å². The van der Waals surface area contributed by atoms with Crippen LogP contribution in [0.2, 0.25) is 5.02 Å². The van der Waals surface area contributed by atoms with Gasteiger partial charge >= 0.3 is 0 Å². The molecule has 0 aliphatic carbocycles. The quantitative estimate of drug-likeness (QED) is 0.394. The molecule has 0 unspecified atom stereocenters. The fourth-order valence-corrected chi connectivity index (χ4v) is 2.27. The number of para-hydroxylation sites is 2. The third-order valence-corrected chi connectivity index (χ3v) is 3.39. The number of benzene rings is 2. The minimum Gasteiger partial charge on any atom is -0.495 e. The second kappa shape index (κ2) is 6.37. The second-order valence-corrected chi connectivity index (χ2v) is 4.81. The van der Waals surface area contributed by atoms with Crippen molar-refractivity contribution in [2.75, 3.05) is 19.1 Å². The van der Waals surface area contributed by atoms with Gasteiger partial charge in [-0.05, 0) is 30.3 Å². The van der Waals surface area contributed by atoms with Crippen molar-refractivity contribution in [3.8, 4) is 5.75 Å². The summed E-state index contributed by atoms with van der Waals surface area (Å²) < 4.78 is 5.36. The molecule has 3 N–H and O–H groups in total. The fourth-order valence-electron chi connectivity index (χ4n) is 2.10. The number of rotatable bonds is 4. The summed E-state index contributed by atoms with van der Waals surface area (Å²) in [4.78, 5) is 1.89. The first kappa shape index (κ1) is 15.0. The average Bonchev–Trinajstić information content (AvgIpc) is 2.53. The molecule has 0 atom stereocenters. The molecule has 0 aromatic heterocycles. The predicted octanol–water partition coefficient (Wildman–Crippen LogP) is 3.21. The maximum atomic E-state index is 8.93. The first-order valence-corrected chi connectivity index (χ1v) is 6.60. The van der Waals surface area contributed by atoms with Gasteiger partial charge in [0.15, 0.2) is 5.84 Å². The van der Waals surface area contributed by atoms with Crippen LogP contribution in [-0.4, -0.2) is 25.2 Å². The molecule has 6 heteroatoms. The largest absolute Gasteiger partial charge is 0.495 e. The molecule has 0 radical (unpaired) electrons. The molecule has 0 bridgehead atoms. The molecule has 110 valence electrons. The van der Waals surface area contributed by atoms with Crippen LogP contribution in [0.1, 0.15) is 5.56 Å². The van der Waals surface area contributed by atoms with Gasteiger partial charge in [-0.2, -0.15) is 0 Å². The van der Waals surface area contributed by atoms with Crippen LogP contribution in [0, 0.1) is 0 Å². The molecule has 0 aliphatic heterocycles. The Bertz CT molecular complexity index is 674. The van der Waals surface area contributed by atoms with Crippen molar-refractivity contribution in [3.63, 3.8) is 0 Å². The van der Waals surface area contributed by atoms with Gasteiger partial charge in [-0.1, -0.05) is 28.9 Å². The van der Waals surface area contributed by atoms with Gasteiger partial charge in [-0.15, -0.1) is 0 Å². The minimum atomic E-state index is -0.00533. The molecule has 0 spiro atoms. The SMILES string of the molecule is COc1ccccc1N(C)c1ccc(Cl)cc1C(N)=NO. The van der Waals surface area contributed by atoms with E-state index in [2.05, 4.69) is 5.16 Å². The normalized spacial score (nSPS) is 11.3. The highest BCUT2D eigenvalue weighted by atomic mass is 35.5. The van der Waals surface area contributed by atoms with E-state index in [0.717, 1.165) is 17.1 Å². The summed E-state index contributed by atoms with van der Waals surface area (Å²) in [6.07, 6.45) is 0. The lowest BCUT2D eigenvalue weighted by molar-refractivity contribution is 0.318. The van der Waals surface area contributed by atoms with Crippen molar-refractivity contribution < 1.29 is 9.94 Å². The highest BCUT2D eigenvalue weighted by Crippen LogP contribution is 2.34. The van der Waals surface area contributed by atoms with E-state index in [9.17, 15) is 0 Å². The Labute approximate surface area is 128 Å². The standard InChI is InChI=1S/C15H16ClN3O2/c1-19(13-5-3-4-6-14(13)21-2)12-8-7-10(16)9-11(12)15(17)18-20/h3-9,20H,1-2H3,(H2,17,18). The van der Waals surface area contributed by atoms with Crippen LogP contribution in [0.5, 0.6) is 5.75 Å². The van der Waals surface area contributed by atoms with Crippen LogP contribution >= 0.6 is 11.6 Å². The Hall–Kier alpha value is -2.40. The number of oxime groups is 1. The summed E-state index contributed by atoms with van der Waals surface area (Å²) in [6, 6.07) is 12.8. The number of methoxy groups -OCH3 is 1. The summed E-state index contributed by atoms with van der Waals surface area (Å²) >= 11 is 5.99. The van der Waals surface area contributed by atoms with Gasteiger partial charge in [0.05, 0.1) is 18.5 Å². The fraction of sp³-hybridized carbons (Fsp3) is 0.133. The van der Waals surface area contributed by atoms with E-state index in [4.69, 9.17) is 27.3 Å². The number of nitrogens with two attached hydrogens (primary N) is 1. The number of amidine groups is 1. The number of anilines is 2. The summed E-state index contributed by atoms with van der Waals surface area (Å²) in [5, 5.41) is 12.5. The van der Waals surface area contributed by atoms with E-state index >= 15 is 0 Å². The van der Waals surface area contributed by atoms with E-state index in [0.29, 0.717) is 10.6 Å². The minimum absolute atomic E-state index is 0.00533. The van der Waals surface area contributed by atoms with Crippen molar-refractivity contribution >= 4 is 28.8 Å². The van der Waals surface area contributed by atoms with E-state index < -0.39 is 0 Å². The lowest BCUT2D eigenvalue weighted by Gasteiger charge is -2.24. The Morgan fingerprint density at radius 2 is 1.95 bits per heavy atom. The molecule has 5 nitrogen and oxygen atoms in total. The van der Waals surface area contributed by atoms with Crippen LogP contribution in [0.3, 0.4) is 0 Å². The Balaban J connectivity index is 2.55. The maximum Gasteiger partial charge on any atom is 0.172 e. The van der Waals surface area contributed by atoms with Crippen LogP contribution < -0.4 is 15.4 Å². The Kier molecular flexibility index (Phi) is 4.55. The molecule has 21 heavy (non-hydrogen) atoms. The molecule has 2 aromatic carbocycles. The first-order chi connectivity index (χ1) is 10.1. The van der Waals surface area contributed by atoms with Gasteiger partial charge in [0.25, 0.3) is 0 Å². The van der Waals surface area contributed by atoms with Gasteiger partial charge in [-0.3, -0.25) is 0 Å². The maximum absolute atomic E-state index is 8.93.